The predicted octanol–water partition coefficient (Wildman–Crippen LogP) is 0.626. The van der Waals surface area contributed by atoms with E-state index in [0.717, 1.165) is 6.29 Å². The zero-order valence-electron chi connectivity index (χ0n) is 7.19. The summed E-state index contributed by atoms with van der Waals surface area (Å²) in [7, 11) is 0. The highest BCUT2D eigenvalue weighted by Gasteiger charge is 1.91. The lowest BCUT2D eigenvalue weighted by Gasteiger charge is -1.91. The zero-order chi connectivity index (χ0) is 9.68. The maximum Gasteiger partial charge on any atom is 0.151 e. The summed E-state index contributed by atoms with van der Waals surface area (Å²) in [4.78, 5) is 14.2. The van der Waals surface area contributed by atoms with E-state index in [9.17, 15) is 4.79 Å². The Morgan fingerprint density at radius 1 is 1.62 bits per heavy atom. The van der Waals surface area contributed by atoms with Gasteiger partial charge in [-0.15, -0.1) is 0 Å². The summed E-state index contributed by atoms with van der Waals surface area (Å²) in [6.45, 7) is 1.58. The molecule has 0 aliphatic heterocycles. The van der Waals surface area contributed by atoms with Gasteiger partial charge in [0.05, 0.1) is 0 Å². The molecule has 0 bridgehead atoms. The van der Waals surface area contributed by atoms with Crippen molar-refractivity contribution in [3.63, 3.8) is 0 Å². The summed E-state index contributed by atoms with van der Waals surface area (Å²) in [5, 5.41) is 8.86. The summed E-state index contributed by atoms with van der Waals surface area (Å²) in [5.74, 6) is 5.22. The summed E-state index contributed by atoms with van der Waals surface area (Å²) in [6.07, 6.45) is 1.50. The standard InChI is InChI=1S/C10H9NO2/c1-8(13)2-4-10-5-3-9(7-12)6-11-10/h3,5-8,13H,1H3. The van der Waals surface area contributed by atoms with Crippen molar-refractivity contribution in [2.75, 3.05) is 0 Å². The van der Waals surface area contributed by atoms with Crippen molar-refractivity contribution in [2.24, 2.45) is 0 Å². The van der Waals surface area contributed by atoms with Gasteiger partial charge in [0, 0.05) is 11.8 Å². The minimum atomic E-state index is -0.660. The van der Waals surface area contributed by atoms with E-state index < -0.39 is 6.10 Å². The molecule has 0 radical (unpaired) electrons. The maximum absolute atomic E-state index is 10.3. The van der Waals surface area contributed by atoms with Crippen molar-refractivity contribution in [3.8, 4) is 11.8 Å². The molecule has 0 amide bonds. The predicted molar refractivity (Wildman–Crippen MR) is 48.2 cm³/mol. The van der Waals surface area contributed by atoms with Gasteiger partial charge in [-0.05, 0) is 25.0 Å². The molecular weight excluding hydrogens is 166 g/mol. The largest absolute Gasteiger partial charge is 0.381 e. The monoisotopic (exact) mass is 175 g/mol. The number of pyridine rings is 1. The van der Waals surface area contributed by atoms with E-state index in [1.165, 1.54) is 6.20 Å². The smallest absolute Gasteiger partial charge is 0.151 e. The van der Waals surface area contributed by atoms with Crippen LogP contribution in [-0.2, 0) is 0 Å². The first-order valence-electron chi connectivity index (χ1n) is 3.83. The van der Waals surface area contributed by atoms with Crippen LogP contribution in [0, 0.1) is 11.8 Å². The number of aliphatic hydroxyl groups excluding tert-OH is 1. The summed E-state index contributed by atoms with van der Waals surface area (Å²) in [5.41, 5.74) is 1.06. The molecule has 0 saturated carbocycles. The average molecular weight is 175 g/mol. The molecule has 1 unspecified atom stereocenters. The molecule has 66 valence electrons. The molecule has 3 nitrogen and oxygen atoms in total. The van der Waals surface area contributed by atoms with Crippen LogP contribution < -0.4 is 0 Å². The minimum absolute atomic E-state index is 0.516. The molecule has 1 rings (SSSR count). The van der Waals surface area contributed by atoms with Crippen LogP contribution in [0.4, 0.5) is 0 Å². The normalized spacial score (nSPS) is 11.2. The first-order valence-corrected chi connectivity index (χ1v) is 3.83. The number of hydrogen-bond acceptors (Lipinski definition) is 3. The zero-order valence-corrected chi connectivity index (χ0v) is 7.19. The summed E-state index contributed by atoms with van der Waals surface area (Å²) < 4.78 is 0. The first kappa shape index (κ1) is 9.43. The molecule has 1 aromatic rings. The molecule has 0 aliphatic carbocycles. The average Bonchev–Trinajstić information content (AvgIpc) is 2.15. The molecule has 0 saturated heterocycles. The molecule has 3 heteroatoms. The summed E-state index contributed by atoms with van der Waals surface area (Å²) >= 11 is 0. The topological polar surface area (TPSA) is 50.2 Å². The van der Waals surface area contributed by atoms with Gasteiger partial charge in [-0.2, -0.15) is 0 Å². The Kier molecular flexibility index (Phi) is 3.18. The molecule has 1 atom stereocenters. The number of carbonyl (C=O) groups is 1. The number of nitrogens with zero attached hydrogens (tertiary/aromatic N) is 1. The highest BCUT2D eigenvalue weighted by Crippen LogP contribution is 1.95. The Morgan fingerprint density at radius 2 is 2.38 bits per heavy atom. The van der Waals surface area contributed by atoms with Crippen molar-refractivity contribution >= 4 is 6.29 Å². The van der Waals surface area contributed by atoms with Gasteiger partial charge in [0.2, 0.25) is 0 Å². The number of aromatic nitrogens is 1. The van der Waals surface area contributed by atoms with Crippen LogP contribution in [0.5, 0.6) is 0 Å². The Morgan fingerprint density at radius 3 is 2.85 bits per heavy atom. The van der Waals surface area contributed by atoms with Gasteiger partial charge < -0.3 is 5.11 Å². The van der Waals surface area contributed by atoms with E-state index in [1.807, 2.05) is 0 Å². The fourth-order valence-electron chi connectivity index (χ4n) is 0.727. The molecule has 0 fully saturated rings. The first-order chi connectivity index (χ1) is 6.22. The molecule has 0 spiro atoms. The molecule has 1 aromatic heterocycles. The number of carbonyl (C=O) groups excluding carboxylic acids is 1. The van der Waals surface area contributed by atoms with E-state index in [2.05, 4.69) is 16.8 Å². The van der Waals surface area contributed by atoms with Crippen molar-refractivity contribution < 1.29 is 9.90 Å². The highest BCUT2D eigenvalue weighted by molar-refractivity contribution is 5.74. The fraction of sp³-hybridized carbons (Fsp3) is 0.200. The van der Waals surface area contributed by atoms with Gasteiger partial charge in [0.25, 0.3) is 0 Å². The van der Waals surface area contributed by atoms with Gasteiger partial charge in [-0.3, -0.25) is 4.79 Å². The Bertz CT molecular complexity index is 343. The number of aliphatic hydroxyl groups is 1. The highest BCUT2D eigenvalue weighted by atomic mass is 16.3. The second kappa shape index (κ2) is 4.39. The van der Waals surface area contributed by atoms with Crippen molar-refractivity contribution in [2.45, 2.75) is 13.0 Å². The van der Waals surface area contributed by atoms with E-state index >= 15 is 0 Å². The van der Waals surface area contributed by atoms with Crippen molar-refractivity contribution in [1.82, 2.24) is 4.98 Å². The van der Waals surface area contributed by atoms with E-state index in [4.69, 9.17) is 5.11 Å². The Labute approximate surface area is 76.4 Å². The van der Waals surface area contributed by atoms with Crippen LogP contribution >= 0.6 is 0 Å². The lowest BCUT2D eigenvalue weighted by Crippen LogP contribution is -1.93. The van der Waals surface area contributed by atoms with Crippen LogP contribution in [0.3, 0.4) is 0 Å². The maximum atomic E-state index is 10.3. The van der Waals surface area contributed by atoms with Crippen LogP contribution in [-0.4, -0.2) is 22.5 Å². The molecular formula is C10H9NO2. The Hall–Kier alpha value is -1.66. The third-order valence-corrected chi connectivity index (χ3v) is 1.33. The van der Waals surface area contributed by atoms with Crippen LogP contribution in [0.15, 0.2) is 18.3 Å². The lowest BCUT2D eigenvalue weighted by molar-refractivity contribution is 0.112. The SMILES string of the molecule is CC(O)C#Cc1ccc(C=O)cn1. The molecule has 1 N–H and O–H groups in total. The molecule has 0 aromatic carbocycles. The van der Waals surface area contributed by atoms with Crippen LogP contribution in [0.1, 0.15) is 23.0 Å². The van der Waals surface area contributed by atoms with Crippen LogP contribution in [0.25, 0.3) is 0 Å². The molecule has 1 heterocycles. The summed E-state index contributed by atoms with van der Waals surface area (Å²) in [6, 6.07) is 3.27. The van der Waals surface area contributed by atoms with Crippen LogP contribution in [0.2, 0.25) is 0 Å². The van der Waals surface area contributed by atoms with Gasteiger partial charge in [-0.1, -0.05) is 5.92 Å². The third kappa shape index (κ3) is 3.06. The van der Waals surface area contributed by atoms with Crippen molar-refractivity contribution in [1.29, 1.82) is 0 Å². The Balaban J connectivity index is 2.82. The third-order valence-electron chi connectivity index (χ3n) is 1.33. The number of rotatable bonds is 1. The molecule has 13 heavy (non-hydrogen) atoms. The molecule has 0 aliphatic rings. The minimum Gasteiger partial charge on any atom is -0.381 e. The van der Waals surface area contributed by atoms with Crippen molar-refractivity contribution in [3.05, 3.63) is 29.6 Å². The van der Waals surface area contributed by atoms with E-state index in [-0.39, 0.29) is 0 Å². The second-order valence-electron chi connectivity index (χ2n) is 2.54. The fourth-order valence-corrected chi connectivity index (χ4v) is 0.727. The van der Waals surface area contributed by atoms with E-state index in [1.54, 1.807) is 19.1 Å². The lowest BCUT2D eigenvalue weighted by atomic mass is 10.2. The van der Waals surface area contributed by atoms with E-state index in [0.29, 0.717) is 11.3 Å². The van der Waals surface area contributed by atoms with Gasteiger partial charge >= 0.3 is 0 Å². The van der Waals surface area contributed by atoms with Gasteiger partial charge in [0.15, 0.2) is 6.29 Å². The quantitative estimate of drug-likeness (QED) is 0.503. The second-order valence-corrected chi connectivity index (χ2v) is 2.54. The number of hydrogen-bond donors (Lipinski definition) is 1. The number of aldehydes is 1. The van der Waals surface area contributed by atoms with Gasteiger partial charge in [0.1, 0.15) is 11.8 Å². The van der Waals surface area contributed by atoms with Gasteiger partial charge in [-0.25, -0.2) is 4.98 Å².